The Morgan fingerprint density at radius 2 is 1.58 bits per heavy atom. The molecule has 0 aromatic heterocycles. The number of sulfonamides is 1. The molecule has 1 saturated heterocycles. The van der Waals surface area contributed by atoms with Gasteiger partial charge in [0.2, 0.25) is 0 Å². The molecule has 1 heterocycles. The Morgan fingerprint density at radius 1 is 1.00 bits per heavy atom. The standard InChI is InChI=1S/C13H19N3O2S/c1-12-6-8-13(9-7-12)19(17,18)15-14-16-10-4-2-3-5-11-16/h6-9H,2-5,10-11H2,1H3/b15-14+. The zero-order valence-corrected chi connectivity index (χ0v) is 11.9. The molecule has 1 aliphatic rings. The summed E-state index contributed by atoms with van der Waals surface area (Å²) in [5.41, 5.74) is 1.02. The summed E-state index contributed by atoms with van der Waals surface area (Å²) in [6.07, 6.45) is 4.45. The van der Waals surface area contributed by atoms with E-state index in [1.54, 1.807) is 29.3 Å². The van der Waals surface area contributed by atoms with Crippen LogP contribution >= 0.6 is 0 Å². The highest BCUT2D eigenvalue weighted by molar-refractivity contribution is 7.90. The molecule has 1 fully saturated rings. The van der Waals surface area contributed by atoms with Gasteiger partial charge in [0.15, 0.2) is 0 Å². The number of nitrogens with zero attached hydrogens (tertiary/aromatic N) is 3. The van der Waals surface area contributed by atoms with Crippen LogP contribution in [0, 0.1) is 6.92 Å². The second kappa shape index (κ2) is 6.14. The van der Waals surface area contributed by atoms with Crippen molar-refractivity contribution in [3.05, 3.63) is 29.8 Å². The van der Waals surface area contributed by atoms with E-state index in [-0.39, 0.29) is 4.90 Å². The van der Waals surface area contributed by atoms with Crippen LogP contribution in [0.3, 0.4) is 0 Å². The minimum atomic E-state index is -3.67. The summed E-state index contributed by atoms with van der Waals surface area (Å²) in [6, 6.07) is 6.64. The lowest BCUT2D eigenvalue weighted by atomic mass is 10.2. The van der Waals surface area contributed by atoms with Gasteiger partial charge in [-0.25, -0.2) is 0 Å². The first-order valence-electron chi connectivity index (χ1n) is 6.57. The van der Waals surface area contributed by atoms with Crippen LogP contribution in [-0.2, 0) is 10.0 Å². The van der Waals surface area contributed by atoms with Crippen LogP contribution in [0.15, 0.2) is 38.9 Å². The maximum absolute atomic E-state index is 12.0. The SMILES string of the molecule is Cc1ccc(S(=O)(=O)/N=N/N2CCCCCC2)cc1. The molecule has 0 unspecified atom stereocenters. The van der Waals surface area contributed by atoms with E-state index in [2.05, 4.69) is 9.74 Å². The van der Waals surface area contributed by atoms with E-state index < -0.39 is 10.0 Å². The zero-order valence-electron chi connectivity index (χ0n) is 11.1. The fourth-order valence-corrected chi connectivity index (χ4v) is 2.77. The third-order valence-corrected chi connectivity index (χ3v) is 4.33. The number of aryl methyl sites for hydroxylation is 1. The summed E-state index contributed by atoms with van der Waals surface area (Å²) in [5.74, 6) is 0. The van der Waals surface area contributed by atoms with Crippen molar-refractivity contribution in [3.8, 4) is 0 Å². The molecular weight excluding hydrogens is 262 g/mol. The van der Waals surface area contributed by atoms with Crippen LogP contribution in [0.25, 0.3) is 0 Å². The van der Waals surface area contributed by atoms with Crippen LogP contribution in [0.4, 0.5) is 0 Å². The highest BCUT2D eigenvalue weighted by Gasteiger charge is 2.14. The lowest BCUT2D eigenvalue weighted by Crippen LogP contribution is -2.17. The van der Waals surface area contributed by atoms with Gasteiger partial charge >= 0.3 is 10.0 Å². The predicted octanol–water partition coefficient (Wildman–Crippen LogP) is 2.93. The van der Waals surface area contributed by atoms with E-state index in [0.717, 1.165) is 31.5 Å². The van der Waals surface area contributed by atoms with Crippen molar-refractivity contribution >= 4 is 10.0 Å². The lowest BCUT2D eigenvalue weighted by Gasteiger charge is -2.13. The predicted molar refractivity (Wildman–Crippen MR) is 73.3 cm³/mol. The molecule has 2 rings (SSSR count). The number of rotatable bonds is 3. The molecule has 0 N–H and O–H groups in total. The van der Waals surface area contributed by atoms with E-state index in [1.165, 1.54) is 12.8 Å². The monoisotopic (exact) mass is 281 g/mol. The maximum Gasteiger partial charge on any atom is 0.301 e. The van der Waals surface area contributed by atoms with Gasteiger partial charge in [0.05, 0.1) is 4.90 Å². The Kier molecular flexibility index (Phi) is 4.52. The fourth-order valence-electron chi connectivity index (χ4n) is 2.00. The molecule has 0 amide bonds. The van der Waals surface area contributed by atoms with Crippen LogP contribution in [0.2, 0.25) is 0 Å². The first-order chi connectivity index (χ1) is 9.08. The topological polar surface area (TPSA) is 62.1 Å². The Balaban J connectivity index is 2.09. The summed E-state index contributed by atoms with van der Waals surface area (Å²) in [7, 11) is -3.67. The second-order valence-electron chi connectivity index (χ2n) is 4.83. The molecule has 0 saturated carbocycles. The van der Waals surface area contributed by atoms with E-state index in [0.29, 0.717) is 0 Å². The highest BCUT2D eigenvalue weighted by Crippen LogP contribution is 2.15. The van der Waals surface area contributed by atoms with Crippen molar-refractivity contribution in [1.82, 2.24) is 5.01 Å². The van der Waals surface area contributed by atoms with Gasteiger partial charge in [0.25, 0.3) is 0 Å². The first kappa shape index (κ1) is 14.0. The normalized spacial score (nSPS) is 17.6. The van der Waals surface area contributed by atoms with Crippen molar-refractivity contribution in [3.63, 3.8) is 0 Å². The molecule has 1 aliphatic heterocycles. The van der Waals surface area contributed by atoms with Gasteiger partial charge in [-0.3, -0.25) is 5.01 Å². The molecule has 0 radical (unpaired) electrons. The summed E-state index contributed by atoms with van der Waals surface area (Å²) < 4.78 is 27.5. The van der Waals surface area contributed by atoms with Crippen molar-refractivity contribution in [2.45, 2.75) is 37.5 Å². The van der Waals surface area contributed by atoms with E-state index in [4.69, 9.17) is 0 Å². The Morgan fingerprint density at radius 3 is 2.16 bits per heavy atom. The van der Waals surface area contributed by atoms with Crippen molar-refractivity contribution in [2.75, 3.05) is 13.1 Å². The van der Waals surface area contributed by atoms with Gasteiger partial charge in [-0.05, 0) is 36.4 Å². The van der Waals surface area contributed by atoms with E-state index >= 15 is 0 Å². The molecule has 5 nitrogen and oxygen atoms in total. The maximum atomic E-state index is 12.0. The summed E-state index contributed by atoms with van der Waals surface area (Å²) >= 11 is 0. The third-order valence-electron chi connectivity index (χ3n) is 3.17. The number of benzene rings is 1. The van der Waals surface area contributed by atoms with Gasteiger partial charge in [0, 0.05) is 13.1 Å². The number of hydrogen-bond donors (Lipinski definition) is 0. The molecule has 1 aromatic rings. The Bertz CT molecular complexity index is 530. The van der Waals surface area contributed by atoms with Crippen molar-refractivity contribution < 1.29 is 8.42 Å². The van der Waals surface area contributed by atoms with Gasteiger partial charge in [-0.1, -0.05) is 35.8 Å². The second-order valence-corrected chi connectivity index (χ2v) is 6.41. The average molecular weight is 281 g/mol. The first-order valence-corrected chi connectivity index (χ1v) is 8.01. The molecule has 19 heavy (non-hydrogen) atoms. The zero-order chi connectivity index (χ0) is 13.7. The quantitative estimate of drug-likeness (QED) is 0.800. The number of hydrogen-bond acceptors (Lipinski definition) is 3. The van der Waals surface area contributed by atoms with E-state index in [9.17, 15) is 8.42 Å². The average Bonchev–Trinajstić information content (AvgIpc) is 2.65. The minimum Gasteiger partial charge on any atom is -0.278 e. The third kappa shape index (κ3) is 4.02. The summed E-state index contributed by atoms with van der Waals surface area (Å²) in [4.78, 5) is 0.191. The summed E-state index contributed by atoms with van der Waals surface area (Å²) in [5, 5.41) is 5.63. The molecule has 1 aromatic carbocycles. The van der Waals surface area contributed by atoms with Crippen LogP contribution in [-0.4, -0.2) is 26.5 Å². The van der Waals surface area contributed by atoms with Crippen LogP contribution in [0.5, 0.6) is 0 Å². The molecular formula is C13H19N3O2S. The lowest BCUT2D eigenvalue weighted by molar-refractivity contribution is 0.283. The molecule has 0 aliphatic carbocycles. The molecule has 0 atom stereocenters. The molecule has 0 bridgehead atoms. The highest BCUT2D eigenvalue weighted by atomic mass is 32.2. The van der Waals surface area contributed by atoms with Gasteiger partial charge in [-0.15, -0.1) is 0 Å². The smallest absolute Gasteiger partial charge is 0.278 e. The van der Waals surface area contributed by atoms with Gasteiger partial charge in [-0.2, -0.15) is 8.42 Å². The molecule has 104 valence electrons. The summed E-state index contributed by atoms with van der Waals surface area (Å²) in [6.45, 7) is 3.48. The van der Waals surface area contributed by atoms with Gasteiger partial charge < -0.3 is 0 Å². The fraction of sp³-hybridized carbons (Fsp3) is 0.538. The minimum absolute atomic E-state index is 0.191. The molecule has 0 spiro atoms. The van der Waals surface area contributed by atoms with Crippen LogP contribution in [0.1, 0.15) is 31.2 Å². The van der Waals surface area contributed by atoms with Gasteiger partial charge in [0.1, 0.15) is 0 Å². The van der Waals surface area contributed by atoms with Crippen LogP contribution < -0.4 is 0 Å². The molecule has 6 heteroatoms. The largest absolute Gasteiger partial charge is 0.301 e. The Hall–Kier alpha value is -1.43. The Labute approximate surface area is 114 Å². The van der Waals surface area contributed by atoms with Crippen molar-refractivity contribution in [2.24, 2.45) is 9.74 Å². The van der Waals surface area contributed by atoms with E-state index in [1.807, 2.05) is 6.92 Å². The van der Waals surface area contributed by atoms with Crippen molar-refractivity contribution in [1.29, 1.82) is 0 Å².